The zero-order valence-corrected chi connectivity index (χ0v) is 14.2. The Morgan fingerprint density at radius 2 is 2.13 bits per heavy atom. The van der Waals surface area contributed by atoms with E-state index in [-0.39, 0.29) is 5.91 Å². The van der Waals surface area contributed by atoms with Gasteiger partial charge in [-0.15, -0.1) is 0 Å². The van der Waals surface area contributed by atoms with Crippen LogP contribution in [-0.4, -0.2) is 55.0 Å². The van der Waals surface area contributed by atoms with Gasteiger partial charge < -0.3 is 14.4 Å². The minimum Gasteiger partial charge on any atom is -0.497 e. The molecule has 3 rings (SSSR count). The van der Waals surface area contributed by atoms with E-state index in [1.807, 2.05) is 30.0 Å². The SMILES string of the molecule is COc1ccc2nc(SCC(=O)N3CCOCC3)c(C)cc2c1. The number of pyridine rings is 1. The number of aryl methyl sites for hydroxylation is 1. The molecule has 6 heteroatoms. The Labute approximate surface area is 140 Å². The maximum absolute atomic E-state index is 12.2. The maximum atomic E-state index is 12.2. The molecule has 1 aromatic heterocycles. The molecule has 1 fully saturated rings. The standard InChI is InChI=1S/C17H20N2O3S/c1-12-9-13-10-14(21-2)3-4-15(13)18-17(12)23-11-16(20)19-5-7-22-8-6-19/h3-4,9-10H,5-8,11H2,1-2H3. The molecule has 2 heterocycles. The third-order valence-electron chi connectivity index (χ3n) is 3.86. The second kappa shape index (κ2) is 7.19. The van der Waals surface area contributed by atoms with E-state index < -0.39 is 0 Å². The number of benzene rings is 1. The highest BCUT2D eigenvalue weighted by Crippen LogP contribution is 2.27. The predicted molar refractivity (Wildman–Crippen MR) is 91.2 cm³/mol. The van der Waals surface area contributed by atoms with Crippen molar-refractivity contribution in [2.75, 3.05) is 39.2 Å². The number of hydrogen-bond acceptors (Lipinski definition) is 5. The van der Waals surface area contributed by atoms with Crippen LogP contribution in [0, 0.1) is 6.92 Å². The van der Waals surface area contributed by atoms with Crippen molar-refractivity contribution in [2.24, 2.45) is 0 Å². The Bertz CT molecular complexity index is 714. The Balaban J connectivity index is 1.72. The summed E-state index contributed by atoms with van der Waals surface area (Å²) in [6.07, 6.45) is 0. The zero-order valence-electron chi connectivity index (χ0n) is 13.4. The minimum absolute atomic E-state index is 0.148. The Hall–Kier alpha value is -1.79. The molecule has 0 N–H and O–H groups in total. The smallest absolute Gasteiger partial charge is 0.233 e. The molecule has 0 bridgehead atoms. The average Bonchev–Trinajstić information content (AvgIpc) is 2.60. The van der Waals surface area contributed by atoms with Gasteiger partial charge in [0, 0.05) is 18.5 Å². The summed E-state index contributed by atoms with van der Waals surface area (Å²) in [5, 5.41) is 1.95. The summed E-state index contributed by atoms with van der Waals surface area (Å²) >= 11 is 1.50. The molecule has 0 aliphatic carbocycles. The van der Waals surface area contributed by atoms with Crippen molar-refractivity contribution in [1.82, 2.24) is 9.88 Å². The summed E-state index contributed by atoms with van der Waals surface area (Å²) in [6.45, 7) is 4.65. The van der Waals surface area contributed by atoms with Gasteiger partial charge in [0.05, 0.1) is 31.6 Å². The van der Waals surface area contributed by atoms with Crippen LogP contribution in [0.4, 0.5) is 0 Å². The van der Waals surface area contributed by atoms with Crippen LogP contribution in [0.1, 0.15) is 5.56 Å². The summed E-state index contributed by atoms with van der Waals surface area (Å²) in [5.74, 6) is 1.38. The van der Waals surface area contributed by atoms with E-state index in [1.54, 1.807) is 7.11 Å². The molecule has 5 nitrogen and oxygen atoms in total. The lowest BCUT2D eigenvalue weighted by Crippen LogP contribution is -2.41. The highest BCUT2D eigenvalue weighted by atomic mass is 32.2. The van der Waals surface area contributed by atoms with Crippen LogP contribution < -0.4 is 4.74 Å². The molecular weight excluding hydrogens is 312 g/mol. The van der Waals surface area contributed by atoms with Crippen LogP contribution in [0.2, 0.25) is 0 Å². The quantitative estimate of drug-likeness (QED) is 0.805. The predicted octanol–water partition coefficient (Wildman–Crippen LogP) is 2.50. The number of amides is 1. The van der Waals surface area contributed by atoms with Crippen molar-refractivity contribution in [3.8, 4) is 5.75 Å². The first kappa shape index (κ1) is 16.1. The number of fused-ring (bicyclic) bond motifs is 1. The van der Waals surface area contributed by atoms with Crippen LogP contribution in [0.3, 0.4) is 0 Å². The van der Waals surface area contributed by atoms with Crippen molar-refractivity contribution in [3.63, 3.8) is 0 Å². The molecule has 1 amide bonds. The Kier molecular flexibility index (Phi) is 5.03. The molecule has 2 aromatic rings. The molecule has 23 heavy (non-hydrogen) atoms. The number of morpholine rings is 1. The summed E-state index contributed by atoms with van der Waals surface area (Å²) < 4.78 is 10.5. The van der Waals surface area contributed by atoms with Gasteiger partial charge >= 0.3 is 0 Å². The van der Waals surface area contributed by atoms with Crippen LogP contribution >= 0.6 is 11.8 Å². The second-order valence-corrected chi connectivity index (χ2v) is 6.41. The van der Waals surface area contributed by atoms with Gasteiger partial charge in [-0.05, 0) is 36.8 Å². The molecule has 0 unspecified atom stereocenters. The van der Waals surface area contributed by atoms with E-state index in [0.717, 1.165) is 27.2 Å². The molecule has 0 atom stereocenters. The highest BCUT2D eigenvalue weighted by molar-refractivity contribution is 7.99. The van der Waals surface area contributed by atoms with E-state index in [2.05, 4.69) is 11.1 Å². The summed E-state index contributed by atoms with van der Waals surface area (Å²) in [6, 6.07) is 7.91. The van der Waals surface area contributed by atoms with Crippen molar-refractivity contribution in [2.45, 2.75) is 11.9 Å². The lowest BCUT2D eigenvalue weighted by Gasteiger charge is -2.26. The number of aromatic nitrogens is 1. The molecule has 122 valence electrons. The first-order chi connectivity index (χ1) is 11.2. The van der Waals surface area contributed by atoms with E-state index in [0.29, 0.717) is 32.1 Å². The fourth-order valence-electron chi connectivity index (χ4n) is 2.55. The van der Waals surface area contributed by atoms with Crippen molar-refractivity contribution < 1.29 is 14.3 Å². The van der Waals surface area contributed by atoms with Gasteiger partial charge in [-0.3, -0.25) is 4.79 Å². The number of ether oxygens (including phenoxy) is 2. The van der Waals surface area contributed by atoms with Crippen LogP contribution in [-0.2, 0) is 9.53 Å². The summed E-state index contributed by atoms with van der Waals surface area (Å²) in [5.41, 5.74) is 1.99. The monoisotopic (exact) mass is 332 g/mol. The molecule has 1 saturated heterocycles. The third-order valence-corrected chi connectivity index (χ3v) is 4.94. The fourth-order valence-corrected chi connectivity index (χ4v) is 3.44. The van der Waals surface area contributed by atoms with Gasteiger partial charge in [0.1, 0.15) is 10.8 Å². The van der Waals surface area contributed by atoms with Gasteiger partial charge in [0.15, 0.2) is 0 Å². The number of rotatable bonds is 4. The van der Waals surface area contributed by atoms with E-state index in [1.165, 1.54) is 11.8 Å². The molecule has 0 radical (unpaired) electrons. The number of thioether (sulfide) groups is 1. The minimum atomic E-state index is 0.148. The van der Waals surface area contributed by atoms with Gasteiger partial charge in [-0.1, -0.05) is 11.8 Å². The average molecular weight is 332 g/mol. The number of hydrogen-bond donors (Lipinski definition) is 0. The topological polar surface area (TPSA) is 51.7 Å². The maximum Gasteiger partial charge on any atom is 0.233 e. The van der Waals surface area contributed by atoms with E-state index in [4.69, 9.17) is 9.47 Å². The van der Waals surface area contributed by atoms with E-state index >= 15 is 0 Å². The van der Waals surface area contributed by atoms with Crippen molar-refractivity contribution >= 4 is 28.6 Å². The molecule has 1 aliphatic heterocycles. The third kappa shape index (κ3) is 3.76. The fraction of sp³-hybridized carbons (Fsp3) is 0.412. The Morgan fingerprint density at radius 3 is 2.87 bits per heavy atom. The van der Waals surface area contributed by atoms with Gasteiger partial charge in [-0.25, -0.2) is 4.98 Å². The van der Waals surface area contributed by atoms with Gasteiger partial charge in [0.25, 0.3) is 0 Å². The zero-order chi connectivity index (χ0) is 16.2. The molecule has 1 aliphatic rings. The lowest BCUT2D eigenvalue weighted by atomic mass is 10.1. The van der Waals surface area contributed by atoms with Crippen LogP contribution in [0.25, 0.3) is 10.9 Å². The molecule has 1 aromatic carbocycles. The second-order valence-electron chi connectivity index (χ2n) is 5.45. The van der Waals surface area contributed by atoms with Gasteiger partial charge in [0.2, 0.25) is 5.91 Å². The normalized spacial score (nSPS) is 15.0. The van der Waals surface area contributed by atoms with Crippen molar-refractivity contribution in [1.29, 1.82) is 0 Å². The molecular formula is C17H20N2O3S. The van der Waals surface area contributed by atoms with Crippen LogP contribution in [0.15, 0.2) is 29.3 Å². The number of nitrogens with zero attached hydrogens (tertiary/aromatic N) is 2. The largest absolute Gasteiger partial charge is 0.497 e. The first-order valence-electron chi connectivity index (χ1n) is 7.61. The Morgan fingerprint density at radius 1 is 1.35 bits per heavy atom. The van der Waals surface area contributed by atoms with E-state index in [9.17, 15) is 4.79 Å². The molecule has 0 saturated carbocycles. The number of methoxy groups -OCH3 is 1. The first-order valence-corrected chi connectivity index (χ1v) is 8.59. The highest BCUT2D eigenvalue weighted by Gasteiger charge is 2.17. The summed E-state index contributed by atoms with van der Waals surface area (Å²) in [7, 11) is 1.66. The van der Waals surface area contributed by atoms with Crippen LogP contribution in [0.5, 0.6) is 5.75 Å². The lowest BCUT2D eigenvalue weighted by molar-refractivity contribution is -0.132. The van der Waals surface area contributed by atoms with Crippen molar-refractivity contribution in [3.05, 3.63) is 29.8 Å². The number of carbonyl (C=O) groups is 1. The summed E-state index contributed by atoms with van der Waals surface area (Å²) in [4.78, 5) is 18.8. The van der Waals surface area contributed by atoms with Gasteiger partial charge in [-0.2, -0.15) is 0 Å². The molecule has 0 spiro atoms. The number of carbonyl (C=O) groups excluding carboxylic acids is 1.